The summed E-state index contributed by atoms with van der Waals surface area (Å²) in [6, 6.07) is 13.2. The predicted molar refractivity (Wildman–Crippen MR) is 80.6 cm³/mol. The Morgan fingerprint density at radius 2 is 1.84 bits per heavy atom. The number of aryl methyl sites for hydroxylation is 1. The van der Waals surface area contributed by atoms with Gasteiger partial charge < -0.3 is 0 Å². The van der Waals surface area contributed by atoms with Crippen LogP contribution in [0.15, 0.2) is 42.5 Å². The summed E-state index contributed by atoms with van der Waals surface area (Å²) in [5.74, 6) is 0. The van der Waals surface area contributed by atoms with Crippen LogP contribution >= 0.6 is 0 Å². The van der Waals surface area contributed by atoms with Crippen molar-refractivity contribution in [1.29, 1.82) is 0 Å². The number of hydrogen-bond donors (Lipinski definition) is 0. The van der Waals surface area contributed by atoms with Crippen LogP contribution in [0.4, 0.5) is 0 Å². The third-order valence-corrected chi connectivity index (χ3v) is 4.38. The quantitative estimate of drug-likeness (QED) is 0.414. The lowest BCUT2D eigenvalue weighted by molar-refractivity contribution is 0.995. The smallest absolute Gasteiger partial charge is 0.0413 e. The molecule has 5 rings (SSSR count). The van der Waals surface area contributed by atoms with E-state index in [2.05, 4.69) is 54.3 Å². The highest BCUT2D eigenvalue weighted by Gasteiger charge is 2.17. The molecule has 0 radical (unpaired) electrons. The number of benzene rings is 3. The summed E-state index contributed by atoms with van der Waals surface area (Å²) < 4.78 is 0. The fourth-order valence-electron chi connectivity index (χ4n) is 3.45. The van der Waals surface area contributed by atoms with E-state index in [9.17, 15) is 0 Å². The Hall–Kier alpha value is -2.30. The van der Waals surface area contributed by atoms with Gasteiger partial charge >= 0.3 is 0 Å². The van der Waals surface area contributed by atoms with E-state index < -0.39 is 0 Å². The van der Waals surface area contributed by atoms with E-state index in [-0.39, 0.29) is 0 Å². The maximum absolute atomic E-state index is 3.50. The van der Waals surface area contributed by atoms with Crippen LogP contribution in [0.5, 0.6) is 0 Å². The van der Waals surface area contributed by atoms with Crippen LogP contribution in [-0.2, 0) is 6.42 Å². The van der Waals surface area contributed by atoms with Crippen molar-refractivity contribution in [3.05, 3.63) is 64.0 Å². The summed E-state index contributed by atoms with van der Waals surface area (Å²) in [6.07, 6.45) is 6.89. The highest BCUT2D eigenvalue weighted by Crippen LogP contribution is 2.29. The molecule has 0 fully saturated rings. The fourth-order valence-corrected chi connectivity index (χ4v) is 3.45. The first-order chi connectivity index (χ1) is 9.43. The van der Waals surface area contributed by atoms with Gasteiger partial charge in [-0.25, -0.2) is 0 Å². The normalized spacial score (nSPS) is 14.7. The molecular formula is C19H12. The summed E-state index contributed by atoms with van der Waals surface area (Å²) >= 11 is 0. The molecule has 0 heterocycles. The average molecular weight is 240 g/mol. The Morgan fingerprint density at radius 1 is 0.895 bits per heavy atom. The Bertz CT molecular complexity index is 1030. The zero-order valence-electron chi connectivity index (χ0n) is 10.5. The fraction of sp³-hybridized carbons (Fsp3) is 0.105. The number of hydrogen-bond acceptors (Lipinski definition) is 0. The monoisotopic (exact) mass is 240 g/mol. The Labute approximate surface area is 111 Å². The van der Waals surface area contributed by atoms with Gasteiger partial charge in [-0.3, -0.25) is 0 Å². The van der Waals surface area contributed by atoms with Crippen molar-refractivity contribution in [1.82, 2.24) is 0 Å². The number of allylic oxidation sites excluding steroid dienone is 1. The Balaban J connectivity index is 2.09. The molecular weight excluding hydrogens is 228 g/mol. The molecule has 0 aromatic heterocycles. The van der Waals surface area contributed by atoms with Crippen LogP contribution in [0.1, 0.15) is 17.5 Å². The molecule has 19 heavy (non-hydrogen) atoms. The highest BCUT2D eigenvalue weighted by atomic mass is 14.2. The molecule has 2 aliphatic rings. The van der Waals surface area contributed by atoms with Crippen molar-refractivity contribution in [3.8, 4) is 0 Å². The summed E-state index contributed by atoms with van der Waals surface area (Å²) in [5.41, 5.74) is 6.44. The molecule has 0 nitrogen and oxygen atoms in total. The summed E-state index contributed by atoms with van der Waals surface area (Å²) in [4.78, 5) is 0. The SMILES string of the molecule is C1=c2c3c(c4ccc5ccccc5c4c2=1)CCC=C3. The first-order valence-electron chi connectivity index (χ1n) is 6.87. The van der Waals surface area contributed by atoms with E-state index in [0.29, 0.717) is 0 Å². The Morgan fingerprint density at radius 3 is 2.84 bits per heavy atom. The van der Waals surface area contributed by atoms with Crippen LogP contribution in [-0.4, -0.2) is 0 Å². The minimum atomic E-state index is 1.16. The second-order valence-corrected chi connectivity index (χ2v) is 5.42. The minimum Gasteiger partial charge on any atom is -0.101 e. The molecule has 0 saturated heterocycles. The lowest BCUT2D eigenvalue weighted by Gasteiger charge is -2.13. The van der Waals surface area contributed by atoms with Gasteiger partial charge in [0.2, 0.25) is 0 Å². The molecule has 0 atom stereocenters. The third-order valence-electron chi connectivity index (χ3n) is 4.38. The predicted octanol–water partition coefficient (Wildman–Crippen LogP) is 3.02. The maximum Gasteiger partial charge on any atom is 0.0413 e. The molecule has 88 valence electrons. The second kappa shape index (κ2) is 3.17. The Kier molecular flexibility index (Phi) is 1.60. The van der Waals surface area contributed by atoms with Gasteiger partial charge in [0.15, 0.2) is 0 Å². The van der Waals surface area contributed by atoms with Crippen LogP contribution in [0.25, 0.3) is 33.4 Å². The van der Waals surface area contributed by atoms with Crippen molar-refractivity contribution in [2.24, 2.45) is 0 Å². The van der Waals surface area contributed by atoms with Crippen LogP contribution in [0.2, 0.25) is 0 Å². The summed E-state index contributed by atoms with van der Waals surface area (Å²) in [7, 11) is 0. The molecule has 0 unspecified atom stereocenters. The van der Waals surface area contributed by atoms with Gasteiger partial charge in [-0.15, -0.1) is 5.73 Å². The molecule has 3 aromatic carbocycles. The van der Waals surface area contributed by atoms with Crippen molar-refractivity contribution in [2.75, 3.05) is 0 Å². The molecule has 0 amide bonds. The largest absolute Gasteiger partial charge is 0.101 e. The van der Waals surface area contributed by atoms with Crippen molar-refractivity contribution in [2.45, 2.75) is 12.8 Å². The summed E-state index contributed by atoms with van der Waals surface area (Å²) in [6.45, 7) is 0. The van der Waals surface area contributed by atoms with E-state index in [1.54, 1.807) is 0 Å². The standard InChI is InChI=1S/C19H12/c1-2-6-13-12(5-1)9-10-16-14-7-3-4-8-15(14)17-11-18(17)19(13)16/h1-2,4-6,8-10H,3,7H2. The number of fused-ring (bicyclic) bond motifs is 8. The number of rotatable bonds is 0. The first-order valence-corrected chi connectivity index (χ1v) is 6.87. The van der Waals surface area contributed by atoms with E-state index in [0.717, 1.165) is 12.8 Å². The summed E-state index contributed by atoms with van der Waals surface area (Å²) in [5, 5.41) is 8.26. The molecule has 0 spiro atoms. The lowest BCUT2D eigenvalue weighted by atomic mass is 9.90. The molecule has 0 N–H and O–H groups in total. The van der Waals surface area contributed by atoms with Crippen molar-refractivity contribution < 1.29 is 0 Å². The van der Waals surface area contributed by atoms with Crippen molar-refractivity contribution >= 4 is 33.4 Å². The van der Waals surface area contributed by atoms with Crippen LogP contribution in [0.3, 0.4) is 0 Å². The van der Waals surface area contributed by atoms with Gasteiger partial charge in [0.25, 0.3) is 0 Å². The van der Waals surface area contributed by atoms with Gasteiger partial charge in [-0.1, -0.05) is 48.6 Å². The van der Waals surface area contributed by atoms with Crippen LogP contribution < -0.4 is 10.4 Å². The lowest BCUT2D eigenvalue weighted by Crippen LogP contribution is -2.17. The third kappa shape index (κ3) is 1.15. The van der Waals surface area contributed by atoms with Gasteiger partial charge in [-0.2, -0.15) is 0 Å². The molecule has 0 bridgehead atoms. The molecule has 0 aliphatic heterocycles. The minimum absolute atomic E-state index is 1.16. The first kappa shape index (κ1) is 9.61. The zero-order valence-corrected chi connectivity index (χ0v) is 10.5. The molecule has 3 aromatic rings. The van der Waals surface area contributed by atoms with Gasteiger partial charge in [0, 0.05) is 15.8 Å². The van der Waals surface area contributed by atoms with E-state index in [4.69, 9.17) is 0 Å². The zero-order chi connectivity index (χ0) is 12.4. The van der Waals surface area contributed by atoms with Gasteiger partial charge in [0.05, 0.1) is 0 Å². The van der Waals surface area contributed by atoms with Crippen molar-refractivity contribution in [3.63, 3.8) is 0 Å². The van der Waals surface area contributed by atoms with E-state index in [1.807, 2.05) is 0 Å². The van der Waals surface area contributed by atoms with Gasteiger partial charge in [-0.05, 0) is 40.1 Å². The molecule has 2 aliphatic carbocycles. The van der Waals surface area contributed by atoms with E-state index in [1.165, 1.54) is 43.1 Å². The molecule has 0 heteroatoms. The molecule has 0 saturated carbocycles. The topological polar surface area (TPSA) is 0 Å². The maximum atomic E-state index is 3.50. The average Bonchev–Trinajstić information content (AvgIpc) is 3.27. The van der Waals surface area contributed by atoms with Gasteiger partial charge in [0.1, 0.15) is 0 Å². The second-order valence-electron chi connectivity index (χ2n) is 5.42. The highest BCUT2D eigenvalue weighted by molar-refractivity contribution is 6.10. The van der Waals surface area contributed by atoms with E-state index >= 15 is 0 Å². The van der Waals surface area contributed by atoms with Crippen LogP contribution in [0, 0.1) is 0 Å².